The quantitative estimate of drug-likeness (QED) is 0.765. The van der Waals surface area contributed by atoms with Crippen LogP contribution in [0.4, 0.5) is 4.79 Å². The van der Waals surface area contributed by atoms with Crippen molar-refractivity contribution < 1.29 is 14.4 Å². The monoisotopic (exact) mass is 412 g/mol. The molecule has 152 valence electrons. The van der Waals surface area contributed by atoms with Gasteiger partial charge in [-0.1, -0.05) is 43.3 Å². The Labute approximate surface area is 173 Å². The number of carbonyl (C=O) groups is 3. The zero-order valence-electron chi connectivity index (χ0n) is 16.3. The maximum Gasteiger partial charge on any atom is 0.326 e. The lowest BCUT2D eigenvalue weighted by Gasteiger charge is -2.36. The lowest BCUT2D eigenvalue weighted by Crippen LogP contribution is -2.52. The highest BCUT2D eigenvalue weighted by molar-refractivity contribution is 7.12. The topological polar surface area (TPSA) is 73.0 Å². The van der Waals surface area contributed by atoms with Crippen LogP contribution in [0.2, 0.25) is 0 Å². The zero-order valence-corrected chi connectivity index (χ0v) is 17.2. The zero-order chi connectivity index (χ0) is 20.4. The maximum atomic E-state index is 13.2. The van der Waals surface area contributed by atoms with Gasteiger partial charge in [-0.25, -0.2) is 9.69 Å². The van der Waals surface area contributed by atoms with E-state index in [0.29, 0.717) is 32.6 Å². The second-order valence-electron chi connectivity index (χ2n) is 7.32. The third-order valence-electron chi connectivity index (χ3n) is 5.71. The largest absolute Gasteiger partial charge is 0.335 e. The molecule has 7 nitrogen and oxygen atoms in total. The van der Waals surface area contributed by atoms with Gasteiger partial charge in [0.05, 0.1) is 11.5 Å². The molecule has 2 saturated heterocycles. The lowest BCUT2D eigenvalue weighted by atomic mass is 9.87. The Hall–Kier alpha value is -2.71. The van der Waals surface area contributed by atoms with E-state index < -0.39 is 5.54 Å². The summed E-state index contributed by atoms with van der Waals surface area (Å²) in [5.74, 6) is -0.169. The van der Waals surface area contributed by atoms with Gasteiger partial charge in [-0.15, -0.1) is 11.3 Å². The molecule has 1 aromatic carbocycles. The molecule has 1 atom stereocenters. The van der Waals surface area contributed by atoms with Crippen molar-refractivity contribution >= 4 is 29.2 Å². The van der Waals surface area contributed by atoms with E-state index in [1.807, 2.05) is 64.6 Å². The smallest absolute Gasteiger partial charge is 0.326 e. The van der Waals surface area contributed by atoms with E-state index in [-0.39, 0.29) is 24.5 Å². The van der Waals surface area contributed by atoms with Crippen LogP contribution in [0, 0.1) is 0 Å². The predicted molar refractivity (Wildman–Crippen MR) is 110 cm³/mol. The lowest BCUT2D eigenvalue weighted by molar-refractivity contribution is -0.133. The normalized spacial score (nSPS) is 22.8. The molecule has 8 heteroatoms. The van der Waals surface area contributed by atoms with Crippen LogP contribution in [0.3, 0.4) is 0 Å². The molecule has 2 aromatic rings. The van der Waals surface area contributed by atoms with Crippen molar-refractivity contribution in [3.8, 4) is 0 Å². The van der Waals surface area contributed by atoms with E-state index in [0.717, 1.165) is 10.4 Å². The van der Waals surface area contributed by atoms with Crippen LogP contribution in [-0.2, 0) is 10.3 Å². The summed E-state index contributed by atoms with van der Waals surface area (Å²) in [5, 5.41) is 4.81. The molecule has 3 heterocycles. The van der Waals surface area contributed by atoms with Crippen LogP contribution in [0.5, 0.6) is 0 Å². The van der Waals surface area contributed by atoms with Crippen molar-refractivity contribution in [3.05, 3.63) is 58.3 Å². The Morgan fingerprint density at radius 2 is 1.79 bits per heavy atom. The van der Waals surface area contributed by atoms with Crippen LogP contribution in [0.15, 0.2) is 47.8 Å². The number of imide groups is 1. The third-order valence-corrected chi connectivity index (χ3v) is 6.56. The Morgan fingerprint density at radius 3 is 2.41 bits per heavy atom. The van der Waals surface area contributed by atoms with Crippen molar-refractivity contribution in [2.24, 2.45) is 0 Å². The Bertz CT molecular complexity index is 894. The van der Waals surface area contributed by atoms with Gasteiger partial charge in [-0.2, -0.15) is 0 Å². The van der Waals surface area contributed by atoms with Gasteiger partial charge >= 0.3 is 6.03 Å². The number of thiophene rings is 1. The van der Waals surface area contributed by atoms with Crippen LogP contribution in [-0.4, -0.2) is 65.4 Å². The number of nitrogens with one attached hydrogen (secondary N) is 1. The summed E-state index contributed by atoms with van der Waals surface area (Å²) in [7, 11) is 0. The van der Waals surface area contributed by atoms with Crippen molar-refractivity contribution in [2.75, 3.05) is 32.8 Å². The van der Waals surface area contributed by atoms with E-state index in [1.54, 1.807) is 0 Å². The van der Waals surface area contributed by atoms with Crippen LogP contribution in [0.25, 0.3) is 0 Å². The van der Waals surface area contributed by atoms with E-state index >= 15 is 0 Å². The highest BCUT2D eigenvalue weighted by atomic mass is 32.1. The van der Waals surface area contributed by atoms with E-state index in [9.17, 15) is 14.4 Å². The third kappa shape index (κ3) is 3.54. The summed E-state index contributed by atoms with van der Waals surface area (Å²) in [4.78, 5) is 44.3. The van der Waals surface area contributed by atoms with Crippen molar-refractivity contribution in [1.29, 1.82) is 0 Å². The van der Waals surface area contributed by atoms with Crippen LogP contribution >= 0.6 is 11.3 Å². The van der Waals surface area contributed by atoms with Crippen LogP contribution in [0.1, 0.15) is 28.6 Å². The van der Waals surface area contributed by atoms with Gasteiger partial charge in [0.1, 0.15) is 5.54 Å². The maximum absolute atomic E-state index is 13.2. The highest BCUT2D eigenvalue weighted by Gasteiger charge is 2.51. The Morgan fingerprint density at radius 1 is 1.07 bits per heavy atom. The molecule has 0 aliphatic carbocycles. The van der Waals surface area contributed by atoms with E-state index in [1.165, 1.54) is 16.2 Å². The van der Waals surface area contributed by atoms with Crippen LogP contribution < -0.4 is 5.32 Å². The molecule has 0 radical (unpaired) electrons. The Kier molecular flexibility index (Phi) is 5.38. The van der Waals surface area contributed by atoms with Gasteiger partial charge in [0.15, 0.2) is 0 Å². The first-order valence-electron chi connectivity index (χ1n) is 9.80. The molecule has 0 spiro atoms. The van der Waals surface area contributed by atoms with Gasteiger partial charge in [0, 0.05) is 26.2 Å². The van der Waals surface area contributed by atoms with E-state index in [2.05, 4.69) is 5.32 Å². The van der Waals surface area contributed by atoms with Crippen molar-refractivity contribution in [2.45, 2.75) is 18.9 Å². The summed E-state index contributed by atoms with van der Waals surface area (Å²) >= 11 is 1.44. The second kappa shape index (κ2) is 7.96. The molecule has 0 bridgehead atoms. The summed E-state index contributed by atoms with van der Waals surface area (Å²) in [6, 6.07) is 12.7. The van der Waals surface area contributed by atoms with E-state index in [4.69, 9.17) is 0 Å². The van der Waals surface area contributed by atoms with Crippen molar-refractivity contribution in [1.82, 2.24) is 20.0 Å². The summed E-state index contributed by atoms with van der Waals surface area (Å²) in [5.41, 5.74) is -0.204. The molecule has 4 amide bonds. The number of nitrogens with zero attached hydrogens (tertiary/aromatic N) is 3. The summed E-state index contributed by atoms with van der Waals surface area (Å²) < 4.78 is 0. The molecular weight excluding hydrogens is 388 g/mol. The fourth-order valence-corrected chi connectivity index (χ4v) is 4.66. The number of hydrogen-bond acceptors (Lipinski definition) is 5. The predicted octanol–water partition coefficient (Wildman–Crippen LogP) is 2.32. The average molecular weight is 413 g/mol. The van der Waals surface area contributed by atoms with Gasteiger partial charge in [0.25, 0.3) is 11.8 Å². The average Bonchev–Trinajstić information content (AvgIpc) is 3.38. The molecular formula is C21H24N4O3S. The number of urea groups is 1. The summed E-state index contributed by atoms with van der Waals surface area (Å²) in [6.07, 6.45) is 0.487. The fourth-order valence-electron chi connectivity index (χ4n) is 3.97. The molecule has 1 N–H and O–H groups in total. The minimum Gasteiger partial charge on any atom is -0.335 e. The first kappa shape index (κ1) is 19.6. The molecule has 2 aliphatic rings. The SMILES string of the molecule is CC[C@@]1(c2ccccc2)NC(=O)N(CN2CCN(C(=O)c3cccs3)CC2)C1=O. The number of hydrogen-bond donors (Lipinski definition) is 1. The van der Waals surface area contributed by atoms with Gasteiger partial charge in [-0.05, 0) is 23.4 Å². The standard InChI is InChI=1S/C21H24N4O3S/c1-2-21(16-7-4-3-5-8-16)19(27)25(20(28)22-21)15-23-10-12-24(13-11-23)18(26)17-9-6-14-29-17/h3-9,14H,2,10-13,15H2,1H3,(H,22,28)/t21-/m0/s1. The number of piperazine rings is 1. The molecule has 2 aliphatic heterocycles. The number of rotatable bonds is 5. The number of carbonyl (C=O) groups excluding carboxylic acids is 3. The minimum absolute atomic E-state index is 0.0451. The first-order valence-corrected chi connectivity index (χ1v) is 10.7. The summed E-state index contributed by atoms with van der Waals surface area (Å²) in [6.45, 7) is 4.55. The molecule has 1 aromatic heterocycles. The first-order chi connectivity index (χ1) is 14.0. The second-order valence-corrected chi connectivity index (χ2v) is 8.26. The molecule has 4 rings (SSSR count). The van der Waals surface area contributed by atoms with Gasteiger partial charge in [0.2, 0.25) is 0 Å². The van der Waals surface area contributed by atoms with Crippen molar-refractivity contribution in [3.63, 3.8) is 0 Å². The van der Waals surface area contributed by atoms with Gasteiger partial charge < -0.3 is 10.2 Å². The number of benzene rings is 1. The fraction of sp³-hybridized carbons (Fsp3) is 0.381. The minimum atomic E-state index is -1.00. The Balaban J connectivity index is 1.41. The number of amides is 4. The molecule has 0 saturated carbocycles. The molecule has 2 fully saturated rings. The molecule has 29 heavy (non-hydrogen) atoms. The highest BCUT2D eigenvalue weighted by Crippen LogP contribution is 2.32. The molecule has 0 unspecified atom stereocenters. The van der Waals surface area contributed by atoms with Gasteiger partial charge in [-0.3, -0.25) is 14.5 Å².